The van der Waals surface area contributed by atoms with E-state index in [9.17, 15) is 18.8 Å². The molecule has 2 atom stereocenters. The molecule has 186 valence electrons. The molecule has 0 aliphatic heterocycles. The van der Waals surface area contributed by atoms with E-state index in [1.807, 2.05) is 0 Å². The zero-order chi connectivity index (χ0) is 25.4. The number of pyridine rings is 1. The number of carbonyl (C=O) groups is 2. The number of anilines is 1. The van der Waals surface area contributed by atoms with Crippen molar-refractivity contribution in [2.24, 2.45) is 11.7 Å². The van der Waals surface area contributed by atoms with Crippen LogP contribution in [0.2, 0.25) is 4.34 Å². The number of hydrogen-bond donors (Lipinski definition) is 3. The van der Waals surface area contributed by atoms with Crippen molar-refractivity contribution in [3.63, 3.8) is 0 Å². The summed E-state index contributed by atoms with van der Waals surface area (Å²) in [6, 6.07) is 12.2. The van der Waals surface area contributed by atoms with E-state index >= 15 is 0 Å². The van der Waals surface area contributed by atoms with Crippen molar-refractivity contribution in [1.29, 1.82) is 0 Å². The van der Waals surface area contributed by atoms with Crippen molar-refractivity contribution in [2.75, 3.05) is 18.5 Å². The van der Waals surface area contributed by atoms with Crippen molar-refractivity contribution < 1.29 is 23.8 Å². The average Bonchev–Trinajstić information content (AvgIpc) is 3.49. The highest BCUT2D eigenvalue weighted by Crippen LogP contribution is 2.29. The van der Waals surface area contributed by atoms with Crippen molar-refractivity contribution in [2.45, 2.75) is 25.4 Å². The monoisotopic (exact) mass is 521 g/mol. The van der Waals surface area contributed by atoms with E-state index in [1.54, 1.807) is 36.5 Å². The Balaban J connectivity index is 0.000000320. The summed E-state index contributed by atoms with van der Waals surface area (Å²) in [5.41, 5.74) is 5.16. The third-order valence-corrected chi connectivity index (χ3v) is 6.57. The summed E-state index contributed by atoms with van der Waals surface area (Å²) in [6.07, 6.45) is 3.48. The second-order valence-electron chi connectivity index (χ2n) is 7.76. The number of thiophene rings is 1. The van der Waals surface area contributed by atoms with Gasteiger partial charge in [-0.1, -0.05) is 17.7 Å². The van der Waals surface area contributed by atoms with E-state index in [0.717, 1.165) is 6.42 Å². The number of nitrogens with two attached hydrogens (primary N) is 1. The quantitative estimate of drug-likeness (QED) is 0.438. The lowest BCUT2D eigenvalue weighted by molar-refractivity contribution is -0.120. The van der Waals surface area contributed by atoms with E-state index in [0.29, 0.717) is 27.7 Å². The maximum absolute atomic E-state index is 14.4. The zero-order valence-electron chi connectivity index (χ0n) is 18.7. The highest BCUT2D eigenvalue weighted by atomic mass is 35.5. The van der Waals surface area contributed by atoms with Crippen LogP contribution in [0.5, 0.6) is 0 Å². The predicted octanol–water partition coefficient (Wildman–Crippen LogP) is 3.59. The normalized spacial score (nSPS) is 16.9. The van der Waals surface area contributed by atoms with Gasteiger partial charge in [-0.25, -0.2) is 4.39 Å². The summed E-state index contributed by atoms with van der Waals surface area (Å²) in [5.74, 6) is -1.51. The number of aliphatic hydroxyl groups excluding tert-OH is 1. The Morgan fingerprint density at radius 3 is 2.63 bits per heavy atom. The van der Waals surface area contributed by atoms with Crippen LogP contribution in [0.15, 0.2) is 59.5 Å². The van der Waals surface area contributed by atoms with Crippen molar-refractivity contribution in [3.8, 4) is 5.69 Å². The Bertz CT molecular complexity index is 1230. The molecule has 8 nitrogen and oxygen atoms in total. The Hall–Kier alpha value is -3.05. The summed E-state index contributed by atoms with van der Waals surface area (Å²) in [5, 5.41) is 11.4. The Kier molecular flexibility index (Phi) is 9.55. The van der Waals surface area contributed by atoms with Crippen molar-refractivity contribution in [1.82, 2.24) is 4.57 Å². The van der Waals surface area contributed by atoms with Gasteiger partial charge in [-0.05, 0) is 49.6 Å². The number of hydrogen-bond acceptors (Lipinski definition) is 6. The van der Waals surface area contributed by atoms with Gasteiger partial charge in [0.2, 0.25) is 5.91 Å². The third-order valence-electron chi connectivity index (χ3n) is 5.33. The van der Waals surface area contributed by atoms with Crippen LogP contribution in [0.4, 0.5) is 10.1 Å². The minimum Gasteiger partial charge on any atom is -0.394 e. The van der Waals surface area contributed by atoms with Gasteiger partial charge in [0.1, 0.15) is 5.82 Å². The Morgan fingerprint density at radius 2 is 2.03 bits per heavy atom. The molecule has 0 saturated heterocycles. The number of amides is 2. The molecular formula is C24H25ClFN3O5S. The molecule has 1 saturated carbocycles. The SMILES string of the molecule is NC(=O)c1ccc(Cl)s1.O=C(Nc1ccc(-n2ccccc2=O)cc1F)[C@H]1CC[C@@H](OCCO)C1. The molecule has 11 heteroatoms. The molecule has 1 aliphatic carbocycles. The molecule has 0 unspecified atom stereocenters. The van der Waals surface area contributed by atoms with Crippen LogP contribution >= 0.6 is 22.9 Å². The molecule has 1 aromatic carbocycles. The third kappa shape index (κ3) is 7.46. The van der Waals surface area contributed by atoms with Gasteiger partial charge in [0, 0.05) is 24.2 Å². The lowest BCUT2D eigenvalue weighted by Crippen LogP contribution is -2.23. The van der Waals surface area contributed by atoms with Crippen LogP contribution in [0.3, 0.4) is 0 Å². The first kappa shape index (κ1) is 26.6. The van der Waals surface area contributed by atoms with Crippen LogP contribution < -0.4 is 16.6 Å². The maximum atomic E-state index is 14.4. The zero-order valence-corrected chi connectivity index (χ0v) is 20.2. The molecule has 4 N–H and O–H groups in total. The molecule has 2 aromatic heterocycles. The Morgan fingerprint density at radius 1 is 1.23 bits per heavy atom. The second kappa shape index (κ2) is 12.6. The van der Waals surface area contributed by atoms with Crippen LogP contribution in [-0.4, -0.2) is 40.8 Å². The first-order valence-corrected chi connectivity index (χ1v) is 12.0. The highest BCUT2D eigenvalue weighted by molar-refractivity contribution is 7.17. The molecule has 35 heavy (non-hydrogen) atoms. The molecule has 1 aliphatic rings. The molecule has 2 heterocycles. The van der Waals surface area contributed by atoms with Gasteiger partial charge in [-0.15, -0.1) is 11.3 Å². The summed E-state index contributed by atoms with van der Waals surface area (Å²) in [4.78, 5) is 35.1. The molecule has 1 fully saturated rings. The van der Waals surface area contributed by atoms with Gasteiger partial charge in [-0.3, -0.25) is 19.0 Å². The van der Waals surface area contributed by atoms with E-state index in [1.165, 1.54) is 34.1 Å². The molecular weight excluding hydrogens is 497 g/mol. The first-order chi connectivity index (χ1) is 16.8. The number of aliphatic hydroxyl groups is 1. The standard InChI is InChI=1S/C19H21FN2O4.C5H4ClNOS/c20-16-12-14(22-8-2-1-3-18(22)24)5-7-17(16)21-19(25)13-4-6-15(11-13)26-10-9-23;6-4-2-1-3(9-4)5(7)8/h1-3,5,7-8,12-13,15,23H,4,6,9-11H2,(H,21,25);1-2H,(H2,7,8)/t13-,15+;/m0./s1. The number of halogens is 2. The fourth-order valence-electron chi connectivity index (χ4n) is 3.63. The molecule has 0 bridgehead atoms. The van der Waals surface area contributed by atoms with Gasteiger partial charge in [0.25, 0.3) is 11.5 Å². The number of primary amides is 1. The molecule has 4 rings (SSSR count). The van der Waals surface area contributed by atoms with Crippen molar-refractivity contribution >= 4 is 40.4 Å². The molecule has 3 aromatic rings. The minimum absolute atomic E-state index is 0.0462. The number of rotatable bonds is 7. The lowest BCUT2D eigenvalue weighted by Gasteiger charge is -2.14. The maximum Gasteiger partial charge on any atom is 0.258 e. The number of aromatic nitrogens is 1. The van der Waals surface area contributed by atoms with E-state index < -0.39 is 11.7 Å². The van der Waals surface area contributed by atoms with Gasteiger partial charge < -0.3 is 20.9 Å². The summed E-state index contributed by atoms with van der Waals surface area (Å²) in [6.45, 7) is 0.212. The lowest BCUT2D eigenvalue weighted by atomic mass is 10.1. The van der Waals surface area contributed by atoms with Crippen LogP contribution in [0, 0.1) is 11.7 Å². The van der Waals surface area contributed by atoms with Crippen LogP contribution in [0.1, 0.15) is 28.9 Å². The highest BCUT2D eigenvalue weighted by Gasteiger charge is 2.30. The molecule has 2 amide bonds. The topological polar surface area (TPSA) is 124 Å². The average molecular weight is 522 g/mol. The summed E-state index contributed by atoms with van der Waals surface area (Å²) < 4.78 is 21.7. The predicted molar refractivity (Wildman–Crippen MR) is 133 cm³/mol. The number of nitrogens with one attached hydrogen (secondary N) is 1. The molecule has 0 radical (unpaired) electrons. The smallest absolute Gasteiger partial charge is 0.258 e. The number of nitrogens with zero attached hydrogens (tertiary/aromatic N) is 1. The van der Waals surface area contributed by atoms with Crippen LogP contribution in [0.25, 0.3) is 5.69 Å². The van der Waals surface area contributed by atoms with Gasteiger partial charge in [0.05, 0.1) is 39.9 Å². The number of benzene rings is 1. The van der Waals surface area contributed by atoms with Gasteiger partial charge in [0.15, 0.2) is 0 Å². The number of ether oxygens (including phenoxy) is 1. The molecule has 0 spiro atoms. The second-order valence-corrected chi connectivity index (χ2v) is 9.47. The Labute approximate surface area is 210 Å². The first-order valence-electron chi connectivity index (χ1n) is 10.8. The van der Waals surface area contributed by atoms with Gasteiger partial charge in [-0.2, -0.15) is 0 Å². The van der Waals surface area contributed by atoms with E-state index in [4.69, 9.17) is 27.2 Å². The number of carbonyl (C=O) groups excluding carboxylic acids is 2. The largest absolute Gasteiger partial charge is 0.394 e. The fraction of sp³-hybridized carbons (Fsp3) is 0.292. The van der Waals surface area contributed by atoms with Crippen LogP contribution in [-0.2, 0) is 9.53 Å². The summed E-state index contributed by atoms with van der Waals surface area (Å²) in [7, 11) is 0. The summed E-state index contributed by atoms with van der Waals surface area (Å²) >= 11 is 6.70. The van der Waals surface area contributed by atoms with Gasteiger partial charge >= 0.3 is 0 Å². The fourth-order valence-corrected chi connectivity index (χ4v) is 4.52. The van der Waals surface area contributed by atoms with E-state index in [2.05, 4.69) is 5.32 Å². The minimum atomic E-state index is -0.599. The van der Waals surface area contributed by atoms with E-state index in [-0.39, 0.29) is 42.4 Å². The van der Waals surface area contributed by atoms with Crippen molar-refractivity contribution in [3.05, 3.63) is 80.1 Å².